The lowest BCUT2D eigenvalue weighted by molar-refractivity contribution is -0.147. The number of carbonyl (C=O) groups is 3. The first-order valence-corrected chi connectivity index (χ1v) is 13.9. The number of rotatable bonds is 8. The van der Waals surface area contributed by atoms with Gasteiger partial charge in [-0.05, 0) is 56.9 Å². The molecule has 2 atom stereocenters. The zero-order chi connectivity index (χ0) is 27.4. The van der Waals surface area contributed by atoms with Gasteiger partial charge in [0.2, 0.25) is 0 Å². The quantitative estimate of drug-likeness (QED) is 0.234. The molecule has 1 aliphatic carbocycles. The van der Waals surface area contributed by atoms with Crippen molar-refractivity contribution < 1.29 is 19.1 Å². The Balaban J connectivity index is 1.39. The maximum atomic E-state index is 13.4. The van der Waals surface area contributed by atoms with E-state index in [9.17, 15) is 14.4 Å². The Morgan fingerprint density at radius 2 is 1.82 bits per heavy atom. The standard InChI is InChI=1S/C30H30N4O4S/c1-3-38-30(37)19-12-13-21(14-19)32-28(35)20-15-25(27(31-16-20)33-24-10-6-4-8-18(24)2)34-29(36)23-17-39-26-11-7-5-9-22(23)26/h4-11,15-17,19,21H,3,12-14H2,1-2H3,(H,31,33)(H,32,35)(H,34,36)/t19-,21+/m0/s1. The van der Waals surface area contributed by atoms with Crippen molar-refractivity contribution in [1.29, 1.82) is 0 Å². The minimum Gasteiger partial charge on any atom is -0.466 e. The maximum Gasteiger partial charge on any atom is 0.308 e. The number of nitrogens with one attached hydrogen (secondary N) is 3. The second kappa shape index (κ2) is 11.7. The molecule has 0 unspecified atom stereocenters. The van der Waals surface area contributed by atoms with E-state index in [1.54, 1.807) is 13.0 Å². The molecule has 0 radical (unpaired) electrons. The number of hydrogen-bond donors (Lipinski definition) is 3. The van der Waals surface area contributed by atoms with Gasteiger partial charge in [-0.3, -0.25) is 14.4 Å². The number of pyridine rings is 1. The summed E-state index contributed by atoms with van der Waals surface area (Å²) in [6, 6.07) is 17.0. The van der Waals surface area contributed by atoms with Crippen LogP contribution in [0.3, 0.4) is 0 Å². The van der Waals surface area contributed by atoms with Crippen LogP contribution in [0.5, 0.6) is 0 Å². The van der Waals surface area contributed by atoms with Crippen LogP contribution in [0.4, 0.5) is 17.2 Å². The van der Waals surface area contributed by atoms with Crippen LogP contribution in [-0.4, -0.2) is 35.4 Å². The van der Waals surface area contributed by atoms with Crippen LogP contribution in [0.15, 0.2) is 66.2 Å². The molecule has 0 saturated heterocycles. The highest BCUT2D eigenvalue weighted by atomic mass is 32.1. The molecular weight excluding hydrogens is 512 g/mol. The smallest absolute Gasteiger partial charge is 0.308 e. The highest BCUT2D eigenvalue weighted by Gasteiger charge is 2.32. The van der Waals surface area contributed by atoms with Gasteiger partial charge in [0.25, 0.3) is 11.8 Å². The van der Waals surface area contributed by atoms with Crippen molar-refractivity contribution in [3.8, 4) is 0 Å². The fourth-order valence-corrected chi connectivity index (χ4v) is 5.76. The number of amides is 2. The number of fused-ring (bicyclic) bond motifs is 1. The van der Waals surface area contributed by atoms with E-state index in [-0.39, 0.29) is 29.7 Å². The van der Waals surface area contributed by atoms with E-state index in [1.165, 1.54) is 17.5 Å². The number of benzene rings is 2. The highest BCUT2D eigenvalue weighted by Crippen LogP contribution is 2.31. The van der Waals surface area contributed by atoms with Crippen LogP contribution in [-0.2, 0) is 9.53 Å². The van der Waals surface area contributed by atoms with Gasteiger partial charge in [0.05, 0.1) is 29.3 Å². The molecule has 8 nitrogen and oxygen atoms in total. The summed E-state index contributed by atoms with van der Waals surface area (Å²) in [5.41, 5.74) is 3.12. The second-order valence-corrected chi connectivity index (χ2v) is 10.5. The summed E-state index contributed by atoms with van der Waals surface area (Å²) in [6.07, 6.45) is 3.41. The Labute approximate surface area is 230 Å². The molecule has 1 saturated carbocycles. The number of esters is 1. The van der Waals surface area contributed by atoms with E-state index in [1.807, 2.05) is 60.8 Å². The average molecular weight is 543 g/mol. The van der Waals surface area contributed by atoms with Gasteiger partial charge in [0, 0.05) is 33.4 Å². The molecule has 200 valence electrons. The Morgan fingerprint density at radius 1 is 1.03 bits per heavy atom. The molecule has 4 aromatic rings. The van der Waals surface area contributed by atoms with Crippen LogP contribution >= 0.6 is 11.3 Å². The molecule has 5 rings (SSSR count). The van der Waals surface area contributed by atoms with Crippen LogP contribution < -0.4 is 16.0 Å². The molecule has 2 amide bonds. The number of nitrogens with zero attached hydrogens (tertiary/aromatic N) is 1. The summed E-state index contributed by atoms with van der Waals surface area (Å²) < 4.78 is 6.15. The fourth-order valence-electron chi connectivity index (χ4n) is 4.82. The molecule has 3 N–H and O–H groups in total. The number of carbonyl (C=O) groups excluding carboxylic acids is 3. The molecular formula is C30H30N4O4S. The summed E-state index contributed by atoms with van der Waals surface area (Å²) in [6.45, 7) is 4.11. The molecule has 0 spiro atoms. The normalized spacial score (nSPS) is 16.6. The van der Waals surface area contributed by atoms with Crippen molar-refractivity contribution in [2.24, 2.45) is 5.92 Å². The molecule has 2 aromatic carbocycles. The van der Waals surface area contributed by atoms with Crippen LogP contribution in [0.25, 0.3) is 10.1 Å². The van der Waals surface area contributed by atoms with Gasteiger partial charge in [0.15, 0.2) is 5.82 Å². The minimum atomic E-state index is -0.309. The fraction of sp³-hybridized carbons (Fsp3) is 0.267. The number of aromatic nitrogens is 1. The van der Waals surface area contributed by atoms with Gasteiger partial charge < -0.3 is 20.7 Å². The molecule has 0 bridgehead atoms. The highest BCUT2D eigenvalue weighted by molar-refractivity contribution is 7.17. The van der Waals surface area contributed by atoms with E-state index in [2.05, 4.69) is 20.9 Å². The number of thiophene rings is 1. The first-order valence-electron chi connectivity index (χ1n) is 13.0. The lowest BCUT2D eigenvalue weighted by Gasteiger charge is -2.16. The first-order chi connectivity index (χ1) is 18.9. The molecule has 0 aliphatic heterocycles. The molecule has 9 heteroatoms. The summed E-state index contributed by atoms with van der Waals surface area (Å²) in [5.74, 6) is -0.585. The Hall–Kier alpha value is -4.24. The molecule has 2 heterocycles. The van der Waals surface area contributed by atoms with E-state index < -0.39 is 0 Å². The summed E-state index contributed by atoms with van der Waals surface area (Å²) in [4.78, 5) is 43.1. The number of hydrogen-bond acceptors (Lipinski definition) is 7. The zero-order valence-corrected chi connectivity index (χ0v) is 22.6. The minimum absolute atomic E-state index is 0.133. The summed E-state index contributed by atoms with van der Waals surface area (Å²) in [7, 11) is 0. The van der Waals surface area contributed by atoms with E-state index in [0.717, 1.165) is 21.3 Å². The van der Waals surface area contributed by atoms with Gasteiger partial charge in [-0.15, -0.1) is 11.3 Å². The van der Waals surface area contributed by atoms with E-state index >= 15 is 0 Å². The summed E-state index contributed by atoms with van der Waals surface area (Å²) >= 11 is 1.50. The largest absolute Gasteiger partial charge is 0.466 e. The second-order valence-electron chi connectivity index (χ2n) is 9.59. The van der Waals surface area contributed by atoms with Crippen molar-refractivity contribution in [3.63, 3.8) is 0 Å². The topological polar surface area (TPSA) is 109 Å². The Kier molecular flexibility index (Phi) is 7.88. The van der Waals surface area contributed by atoms with E-state index in [0.29, 0.717) is 48.5 Å². The molecule has 39 heavy (non-hydrogen) atoms. The average Bonchev–Trinajstić information content (AvgIpc) is 3.58. The maximum absolute atomic E-state index is 13.4. The first kappa shape index (κ1) is 26.4. The third kappa shape index (κ3) is 5.93. The predicted molar refractivity (Wildman–Crippen MR) is 154 cm³/mol. The lowest BCUT2D eigenvalue weighted by Crippen LogP contribution is -2.33. The SMILES string of the molecule is CCOC(=O)[C@H]1CC[C@@H](NC(=O)c2cnc(Nc3ccccc3C)c(NC(=O)c3csc4ccccc34)c2)C1. The predicted octanol–water partition coefficient (Wildman–Crippen LogP) is 6.06. The van der Waals surface area contributed by atoms with Crippen molar-refractivity contribution in [2.75, 3.05) is 17.2 Å². The van der Waals surface area contributed by atoms with Crippen molar-refractivity contribution in [1.82, 2.24) is 10.3 Å². The summed E-state index contributed by atoms with van der Waals surface area (Å²) in [5, 5.41) is 12.0. The van der Waals surface area contributed by atoms with Crippen molar-refractivity contribution >= 4 is 56.4 Å². The number of anilines is 3. The number of aryl methyl sites for hydroxylation is 1. The molecule has 1 aliphatic rings. The van der Waals surface area contributed by atoms with Gasteiger partial charge in [-0.25, -0.2) is 4.98 Å². The van der Waals surface area contributed by atoms with Crippen LogP contribution in [0.2, 0.25) is 0 Å². The number of ether oxygens (including phenoxy) is 1. The monoisotopic (exact) mass is 542 g/mol. The van der Waals surface area contributed by atoms with Crippen molar-refractivity contribution in [3.05, 3.63) is 82.9 Å². The number of para-hydroxylation sites is 1. The van der Waals surface area contributed by atoms with Crippen molar-refractivity contribution in [2.45, 2.75) is 39.2 Å². The lowest BCUT2D eigenvalue weighted by atomic mass is 10.1. The molecule has 2 aromatic heterocycles. The van der Waals surface area contributed by atoms with Gasteiger partial charge in [-0.2, -0.15) is 0 Å². The third-order valence-electron chi connectivity index (χ3n) is 6.91. The van der Waals surface area contributed by atoms with E-state index in [4.69, 9.17) is 4.74 Å². The third-order valence-corrected chi connectivity index (χ3v) is 7.87. The Morgan fingerprint density at radius 3 is 2.64 bits per heavy atom. The van der Waals surface area contributed by atoms with Crippen LogP contribution in [0, 0.1) is 12.8 Å². The van der Waals surface area contributed by atoms with Gasteiger partial charge in [-0.1, -0.05) is 36.4 Å². The molecule has 1 fully saturated rings. The Bertz CT molecular complexity index is 1530. The van der Waals surface area contributed by atoms with Crippen LogP contribution in [0.1, 0.15) is 52.5 Å². The van der Waals surface area contributed by atoms with Gasteiger partial charge in [0.1, 0.15) is 0 Å². The zero-order valence-electron chi connectivity index (χ0n) is 21.8. The van der Waals surface area contributed by atoms with Gasteiger partial charge >= 0.3 is 5.97 Å².